The van der Waals surface area contributed by atoms with Crippen LogP contribution in [0.2, 0.25) is 0 Å². The lowest BCUT2D eigenvalue weighted by Gasteiger charge is -2.36. The summed E-state index contributed by atoms with van der Waals surface area (Å²) in [6.45, 7) is 8.02. The highest BCUT2D eigenvalue weighted by atomic mass is 16.5. The largest absolute Gasteiger partial charge is 0.478 e. The lowest BCUT2D eigenvalue weighted by atomic mass is 10.1. The molecule has 1 atom stereocenters. The molecule has 1 saturated heterocycles. The second-order valence-corrected chi connectivity index (χ2v) is 4.52. The van der Waals surface area contributed by atoms with Gasteiger partial charge < -0.3 is 15.0 Å². The number of ether oxygens (including phenoxy) is 1. The summed E-state index contributed by atoms with van der Waals surface area (Å²) in [6.07, 6.45) is 3.70. The zero-order chi connectivity index (χ0) is 12.8. The average Bonchev–Trinajstić information content (AvgIpc) is 2.45. The zero-order valence-electron chi connectivity index (χ0n) is 11.2. The molecule has 1 fully saturated rings. The Bertz CT molecular complexity index is 372. The molecule has 1 N–H and O–H groups in total. The van der Waals surface area contributed by atoms with Crippen LogP contribution in [0.3, 0.4) is 0 Å². The van der Waals surface area contributed by atoms with E-state index in [0.717, 1.165) is 38.3 Å². The van der Waals surface area contributed by atoms with Crippen LogP contribution in [0.5, 0.6) is 5.88 Å². The van der Waals surface area contributed by atoms with Crippen molar-refractivity contribution in [1.29, 1.82) is 0 Å². The zero-order valence-corrected chi connectivity index (χ0v) is 11.2. The van der Waals surface area contributed by atoms with Gasteiger partial charge in [0, 0.05) is 31.7 Å². The van der Waals surface area contributed by atoms with Crippen LogP contribution in [-0.2, 0) is 0 Å². The summed E-state index contributed by atoms with van der Waals surface area (Å²) < 4.78 is 5.56. The monoisotopic (exact) mass is 250 g/mol. The Morgan fingerprint density at radius 2 is 2.33 bits per heavy atom. The third-order valence-corrected chi connectivity index (χ3v) is 3.20. The first-order chi connectivity index (χ1) is 8.85. The first kappa shape index (κ1) is 13.1. The molecule has 100 valence electrons. The van der Waals surface area contributed by atoms with E-state index in [1.54, 1.807) is 6.33 Å². The van der Waals surface area contributed by atoms with Gasteiger partial charge in [-0.2, -0.15) is 0 Å². The van der Waals surface area contributed by atoms with Gasteiger partial charge in [0.15, 0.2) is 0 Å². The molecule has 5 heteroatoms. The van der Waals surface area contributed by atoms with E-state index >= 15 is 0 Å². The van der Waals surface area contributed by atoms with Crippen LogP contribution in [0.1, 0.15) is 26.7 Å². The minimum absolute atomic E-state index is 0.507. The molecule has 2 heterocycles. The molecule has 1 aromatic rings. The molecular formula is C13H22N4O. The predicted molar refractivity (Wildman–Crippen MR) is 72.1 cm³/mol. The number of rotatable bonds is 5. The van der Waals surface area contributed by atoms with Gasteiger partial charge in [-0.05, 0) is 12.8 Å². The molecule has 1 unspecified atom stereocenters. The van der Waals surface area contributed by atoms with Crippen molar-refractivity contribution < 1.29 is 4.74 Å². The van der Waals surface area contributed by atoms with Gasteiger partial charge in [-0.15, -0.1) is 0 Å². The standard InChI is InChI=1S/C13H22N4O/c1-3-7-18-13-8-12(15-10-16-13)17-6-5-14-9-11(17)4-2/h8,10-11,14H,3-7,9H2,1-2H3. The number of hydrogen-bond donors (Lipinski definition) is 1. The average molecular weight is 250 g/mol. The summed E-state index contributed by atoms with van der Waals surface area (Å²) in [5.41, 5.74) is 0. The lowest BCUT2D eigenvalue weighted by molar-refractivity contribution is 0.304. The molecule has 1 aliphatic heterocycles. The summed E-state index contributed by atoms with van der Waals surface area (Å²) in [4.78, 5) is 10.9. The smallest absolute Gasteiger partial charge is 0.218 e. The van der Waals surface area contributed by atoms with Crippen molar-refractivity contribution in [2.75, 3.05) is 31.1 Å². The molecule has 18 heavy (non-hydrogen) atoms. The van der Waals surface area contributed by atoms with Gasteiger partial charge in [-0.25, -0.2) is 9.97 Å². The second kappa shape index (κ2) is 6.54. The summed E-state index contributed by atoms with van der Waals surface area (Å²) in [5.74, 6) is 1.65. The van der Waals surface area contributed by atoms with E-state index in [2.05, 4.69) is 34.0 Å². The molecule has 2 rings (SSSR count). The van der Waals surface area contributed by atoms with Gasteiger partial charge in [0.2, 0.25) is 5.88 Å². The fourth-order valence-corrected chi connectivity index (χ4v) is 2.20. The number of nitrogens with one attached hydrogen (secondary N) is 1. The number of nitrogens with zero attached hydrogens (tertiary/aromatic N) is 3. The number of aromatic nitrogens is 2. The van der Waals surface area contributed by atoms with Crippen LogP contribution in [-0.4, -0.2) is 42.3 Å². The Balaban J connectivity index is 2.10. The van der Waals surface area contributed by atoms with E-state index in [4.69, 9.17) is 4.74 Å². The van der Waals surface area contributed by atoms with Crippen LogP contribution in [0.15, 0.2) is 12.4 Å². The Morgan fingerprint density at radius 3 is 3.11 bits per heavy atom. The van der Waals surface area contributed by atoms with Gasteiger partial charge in [-0.1, -0.05) is 13.8 Å². The highest BCUT2D eigenvalue weighted by Gasteiger charge is 2.22. The van der Waals surface area contributed by atoms with Crippen LogP contribution in [0, 0.1) is 0 Å². The van der Waals surface area contributed by atoms with Crippen molar-refractivity contribution in [3.8, 4) is 5.88 Å². The SMILES string of the molecule is CCCOc1cc(N2CCNCC2CC)ncn1. The molecule has 0 spiro atoms. The normalized spacial score (nSPS) is 19.9. The van der Waals surface area contributed by atoms with Crippen molar-refractivity contribution in [2.24, 2.45) is 0 Å². The molecule has 5 nitrogen and oxygen atoms in total. The molecular weight excluding hydrogens is 228 g/mol. The van der Waals surface area contributed by atoms with Crippen molar-refractivity contribution >= 4 is 5.82 Å². The van der Waals surface area contributed by atoms with Crippen LogP contribution < -0.4 is 15.0 Å². The Hall–Kier alpha value is -1.36. The Labute approximate surface area is 109 Å². The lowest BCUT2D eigenvalue weighted by Crippen LogP contribution is -2.51. The van der Waals surface area contributed by atoms with Crippen molar-refractivity contribution in [3.05, 3.63) is 12.4 Å². The summed E-state index contributed by atoms with van der Waals surface area (Å²) >= 11 is 0. The number of anilines is 1. The van der Waals surface area contributed by atoms with Crippen molar-refractivity contribution in [1.82, 2.24) is 15.3 Å². The van der Waals surface area contributed by atoms with E-state index in [-0.39, 0.29) is 0 Å². The quantitative estimate of drug-likeness (QED) is 0.857. The first-order valence-corrected chi connectivity index (χ1v) is 6.77. The van der Waals surface area contributed by atoms with E-state index in [9.17, 15) is 0 Å². The molecule has 0 aliphatic carbocycles. The third kappa shape index (κ3) is 3.10. The maximum absolute atomic E-state index is 5.56. The summed E-state index contributed by atoms with van der Waals surface area (Å²) in [5, 5.41) is 3.42. The summed E-state index contributed by atoms with van der Waals surface area (Å²) in [6, 6.07) is 2.46. The van der Waals surface area contributed by atoms with Crippen LogP contribution in [0.25, 0.3) is 0 Å². The van der Waals surface area contributed by atoms with E-state index in [1.165, 1.54) is 0 Å². The maximum atomic E-state index is 5.56. The van der Waals surface area contributed by atoms with Crippen LogP contribution >= 0.6 is 0 Å². The fraction of sp³-hybridized carbons (Fsp3) is 0.692. The van der Waals surface area contributed by atoms with Gasteiger partial charge in [0.1, 0.15) is 12.1 Å². The number of piperazine rings is 1. The predicted octanol–water partition coefficient (Wildman–Crippen LogP) is 1.45. The highest BCUT2D eigenvalue weighted by Crippen LogP contribution is 2.20. The fourth-order valence-electron chi connectivity index (χ4n) is 2.20. The topological polar surface area (TPSA) is 50.3 Å². The van der Waals surface area contributed by atoms with Crippen molar-refractivity contribution in [3.63, 3.8) is 0 Å². The Morgan fingerprint density at radius 1 is 1.44 bits per heavy atom. The number of hydrogen-bond acceptors (Lipinski definition) is 5. The van der Waals surface area contributed by atoms with Gasteiger partial charge in [0.05, 0.1) is 6.61 Å². The minimum Gasteiger partial charge on any atom is -0.478 e. The molecule has 0 saturated carbocycles. The summed E-state index contributed by atoms with van der Waals surface area (Å²) in [7, 11) is 0. The molecule has 0 amide bonds. The second-order valence-electron chi connectivity index (χ2n) is 4.52. The van der Waals surface area contributed by atoms with E-state index in [0.29, 0.717) is 18.5 Å². The molecule has 1 aromatic heterocycles. The molecule has 0 bridgehead atoms. The van der Waals surface area contributed by atoms with E-state index < -0.39 is 0 Å². The van der Waals surface area contributed by atoms with Gasteiger partial charge >= 0.3 is 0 Å². The molecule has 1 aliphatic rings. The maximum Gasteiger partial charge on any atom is 0.218 e. The first-order valence-electron chi connectivity index (χ1n) is 6.77. The van der Waals surface area contributed by atoms with Crippen LogP contribution in [0.4, 0.5) is 5.82 Å². The minimum atomic E-state index is 0.507. The molecule has 0 aromatic carbocycles. The highest BCUT2D eigenvalue weighted by molar-refractivity contribution is 5.42. The van der Waals surface area contributed by atoms with Gasteiger partial charge in [0.25, 0.3) is 0 Å². The van der Waals surface area contributed by atoms with Gasteiger partial charge in [-0.3, -0.25) is 0 Å². The molecule has 0 radical (unpaired) electrons. The Kier molecular flexibility index (Phi) is 4.75. The van der Waals surface area contributed by atoms with E-state index in [1.807, 2.05) is 6.07 Å². The van der Waals surface area contributed by atoms with Crippen molar-refractivity contribution in [2.45, 2.75) is 32.7 Å². The third-order valence-electron chi connectivity index (χ3n) is 3.20.